The Morgan fingerprint density at radius 2 is 1.56 bits per heavy atom. The Labute approximate surface area is 182 Å². The lowest BCUT2D eigenvalue weighted by atomic mass is 9.94. The highest BCUT2D eigenvalue weighted by molar-refractivity contribution is 6.25. The van der Waals surface area contributed by atoms with Crippen LogP contribution in [0.3, 0.4) is 0 Å². The van der Waals surface area contributed by atoms with E-state index >= 15 is 0 Å². The summed E-state index contributed by atoms with van der Waals surface area (Å²) in [6.07, 6.45) is 0.0965. The van der Waals surface area contributed by atoms with Crippen molar-refractivity contribution < 1.29 is 28.3 Å². The summed E-state index contributed by atoms with van der Waals surface area (Å²) in [5.41, 5.74) is 0.890. The molecule has 162 valence electrons. The van der Waals surface area contributed by atoms with Crippen molar-refractivity contribution in [3.05, 3.63) is 77.6 Å². The molecule has 0 aromatic heterocycles. The maximum absolute atomic E-state index is 13.5. The number of carbonyl (C=O) groups excluding carboxylic acids is 4. The second kappa shape index (κ2) is 8.97. The fraction of sp³-hybridized carbons (Fsp3) is 0.167. The zero-order chi connectivity index (χ0) is 22.7. The Bertz CT molecular complexity index is 1190. The maximum Gasteiger partial charge on any atom is 0.306 e. The van der Waals surface area contributed by atoms with Crippen molar-refractivity contribution in [3.8, 4) is 0 Å². The Morgan fingerprint density at radius 3 is 2.22 bits per heavy atom. The minimum absolute atomic E-state index is 0.00836. The first-order valence-corrected chi connectivity index (χ1v) is 10.0. The molecule has 4 rings (SSSR count). The SMILES string of the molecule is O=C(COC(=O)CCCN1C(=O)c2cccc3cccc(c23)C1=O)Nc1ccccc1F. The molecule has 0 atom stereocenters. The zero-order valence-corrected chi connectivity index (χ0v) is 17.0. The van der Waals surface area contributed by atoms with Crippen LogP contribution in [-0.2, 0) is 14.3 Å². The van der Waals surface area contributed by atoms with Gasteiger partial charge in [-0.15, -0.1) is 0 Å². The molecular weight excluding hydrogens is 415 g/mol. The average Bonchev–Trinajstić information content (AvgIpc) is 2.79. The number of halogens is 1. The lowest BCUT2D eigenvalue weighted by Crippen LogP contribution is -2.41. The van der Waals surface area contributed by atoms with E-state index in [4.69, 9.17) is 4.74 Å². The zero-order valence-electron chi connectivity index (χ0n) is 17.0. The number of benzene rings is 3. The van der Waals surface area contributed by atoms with Crippen LogP contribution >= 0.6 is 0 Å². The minimum atomic E-state index is -0.672. The number of nitrogens with zero attached hydrogens (tertiary/aromatic N) is 1. The summed E-state index contributed by atoms with van der Waals surface area (Å²) < 4.78 is 18.4. The van der Waals surface area contributed by atoms with Crippen molar-refractivity contribution >= 4 is 40.2 Å². The van der Waals surface area contributed by atoms with Crippen molar-refractivity contribution in [2.24, 2.45) is 0 Å². The van der Waals surface area contributed by atoms with Crippen molar-refractivity contribution in [3.63, 3.8) is 0 Å². The summed E-state index contributed by atoms with van der Waals surface area (Å²) in [6.45, 7) is -0.525. The van der Waals surface area contributed by atoms with Crippen molar-refractivity contribution in [2.75, 3.05) is 18.5 Å². The molecule has 1 heterocycles. The predicted molar refractivity (Wildman–Crippen MR) is 115 cm³/mol. The average molecular weight is 434 g/mol. The third-order valence-electron chi connectivity index (χ3n) is 5.13. The number of esters is 1. The van der Waals surface area contributed by atoms with Crippen LogP contribution in [0, 0.1) is 5.82 Å². The van der Waals surface area contributed by atoms with Crippen LogP contribution in [0.25, 0.3) is 10.8 Å². The number of amides is 3. The van der Waals surface area contributed by atoms with Gasteiger partial charge in [0.15, 0.2) is 6.61 Å². The van der Waals surface area contributed by atoms with E-state index in [-0.39, 0.29) is 25.1 Å². The third-order valence-corrected chi connectivity index (χ3v) is 5.13. The predicted octanol–water partition coefficient (Wildman–Crippen LogP) is 3.54. The number of para-hydroxylation sites is 1. The standard InChI is InChI=1S/C24H19FN2O5/c25-18-10-1-2-11-19(18)26-20(28)14-32-21(29)12-5-13-27-23(30)16-8-3-6-15-7-4-9-17(22(15)16)24(27)31/h1-4,6-11H,5,12-14H2,(H,26,28). The summed E-state index contributed by atoms with van der Waals surface area (Å²) in [5, 5.41) is 3.77. The van der Waals surface area contributed by atoms with Gasteiger partial charge >= 0.3 is 5.97 Å². The van der Waals surface area contributed by atoms with E-state index < -0.39 is 36.1 Å². The van der Waals surface area contributed by atoms with E-state index in [1.165, 1.54) is 18.2 Å². The summed E-state index contributed by atoms with van der Waals surface area (Å²) in [4.78, 5) is 50.5. The number of rotatable bonds is 7. The molecule has 1 N–H and O–H groups in total. The van der Waals surface area contributed by atoms with Crippen LogP contribution < -0.4 is 5.32 Å². The summed E-state index contributed by atoms with van der Waals surface area (Å²) in [6, 6.07) is 16.2. The van der Waals surface area contributed by atoms with Gasteiger partial charge in [0.1, 0.15) is 5.82 Å². The van der Waals surface area contributed by atoms with Crippen LogP contribution in [0.5, 0.6) is 0 Å². The highest BCUT2D eigenvalue weighted by atomic mass is 19.1. The molecule has 1 aliphatic rings. The normalized spacial score (nSPS) is 12.7. The number of hydrogen-bond acceptors (Lipinski definition) is 5. The van der Waals surface area contributed by atoms with Gasteiger partial charge in [0.25, 0.3) is 17.7 Å². The maximum atomic E-state index is 13.5. The van der Waals surface area contributed by atoms with Crippen molar-refractivity contribution in [2.45, 2.75) is 12.8 Å². The van der Waals surface area contributed by atoms with E-state index in [0.29, 0.717) is 16.5 Å². The number of ether oxygens (including phenoxy) is 1. The van der Waals surface area contributed by atoms with Gasteiger partial charge in [-0.3, -0.25) is 24.1 Å². The van der Waals surface area contributed by atoms with Crippen LogP contribution in [0.2, 0.25) is 0 Å². The Morgan fingerprint density at radius 1 is 0.906 bits per heavy atom. The first kappa shape index (κ1) is 21.2. The smallest absolute Gasteiger partial charge is 0.306 e. The molecule has 8 heteroatoms. The fourth-order valence-electron chi connectivity index (χ4n) is 3.63. The Hall–Kier alpha value is -4.07. The molecule has 0 saturated heterocycles. The third kappa shape index (κ3) is 4.20. The quantitative estimate of drug-likeness (QED) is 0.454. The van der Waals surface area contributed by atoms with Crippen LogP contribution in [0.4, 0.5) is 10.1 Å². The van der Waals surface area contributed by atoms with Crippen molar-refractivity contribution in [1.82, 2.24) is 4.90 Å². The highest BCUT2D eigenvalue weighted by Crippen LogP contribution is 2.30. The van der Waals surface area contributed by atoms with Gasteiger partial charge in [-0.05, 0) is 36.1 Å². The van der Waals surface area contributed by atoms with Gasteiger partial charge in [0.2, 0.25) is 0 Å². The van der Waals surface area contributed by atoms with E-state index in [1.54, 1.807) is 30.3 Å². The molecule has 1 aliphatic heterocycles. The highest BCUT2D eigenvalue weighted by Gasteiger charge is 2.32. The first-order chi connectivity index (χ1) is 15.5. The summed E-state index contributed by atoms with van der Waals surface area (Å²) >= 11 is 0. The lowest BCUT2D eigenvalue weighted by Gasteiger charge is -2.27. The molecule has 0 aliphatic carbocycles. The molecular formula is C24H19FN2O5. The van der Waals surface area contributed by atoms with Gasteiger partial charge in [0.05, 0.1) is 5.69 Å². The van der Waals surface area contributed by atoms with E-state index in [2.05, 4.69) is 5.32 Å². The van der Waals surface area contributed by atoms with Crippen LogP contribution in [0.1, 0.15) is 33.6 Å². The molecule has 0 bridgehead atoms. The molecule has 0 unspecified atom stereocenters. The van der Waals surface area contributed by atoms with Crippen molar-refractivity contribution in [1.29, 1.82) is 0 Å². The molecule has 0 spiro atoms. The molecule has 32 heavy (non-hydrogen) atoms. The Balaban J connectivity index is 1.29. The minimum Gasteiger partial charge on any atom is -0.456 e. The second-order valence-corrected chi connectivity index (χ2v) is 7.26. The molecule has 3 aromatic carbocycles. The molecule has 3 aromatic rings. The number of anilines is 1. The van der Waals surface area contributed by atoms with Gasteiger partial charge in [0, 0.05) is 29.5 Å². The lowest BCUT2D eigenvalue weighted by molar-refractivity contribution is -0.147. The van der Waals surface area contributed by atoms with Gasteiger partial charge < -0.3 is 10.1 Å². The molecule has 0 radical (unpaired) electrons. The summed E-state index contributed by atoms with van der Waals surface area (Å²) in [5.74, 6) is -2.74. The fourth-order valence-corrected chi connectivity index (χ4v) is 3.63. The topological polar surface area (TPSA) is 92.8 Å². The number of nitrogens with one attached hydrogen (secondary N) is 1. The number of carbonyl (C=O) groups is 4. The second-order valence-electron chi connectivity index (χ2n) is 7.26. The van der Waals surface area contributed by atoms with E-state index in [0.717, 1.165) is 10.3 Å². The summed E-state index contributed by atoms with van der Waals surface area (Å²) in [7, 11) is 0. The van der Waals surface area contributed by atoms with Gasteiger partial charge in [-0.1, -0.05) is 36.4 Å². The monoisotopic (exact) mass is 434 g/mol. The molecule has 0 fully saturated rings. The number of hydrogen-bond donors (Lipinski definition) is 1. The van der Waals surface area contributed by atoms with Gasteiger partial charge in [-0.25, -0.2) is 4.39 Å². The Kier molecular flexibility index (Phi) is 5.93. The number of imide groups is 1. The van der Waals surface area contributed by atoms with Crippen LogP contribution in [0.15, 0.2) is 60.7 Å². The largest absolute Gasteiger partial charge is 0.456 e. The van der Waals surface area contributed by atoms with E-state index in [1.807, 2.05) is 12.1 Å². The molecule has 3 amide bonds. The molecule has 7 nitrogen and oxygen atoms in total. The van der Waals surface area contributed by atoms with Crippen LogP contribution in [-0.4, -0.2) is 41.7 Å². The van der Waals surface area contributed by atoms with E-state index in [9.17, 15) is 23.6 Å². The first-order valence-electron chi connectivity index (χ1n) is 10.0. The molecule has 0 saturated carbocycles. The van der Waals surface area contributed by atoms with Gasteiger partial charge in [-0.2, -0.15) is 0 Å².